The Labute approximate surface area is 118 Å². The van der Waals surface area contributed by atoms with Gasteiger partial charge in [-0.1, -0.05) is 81.1 Å². The van der Waals surface area contributed by atoms with Gasteiger partial charge < -0.3 is 5.11 Å². The van der Waals surface area contributed by atoms with Gasteiger partial charge in [-0.15, -0.1) is 0 Å². The van der Waals surface area contributed by atoms with Crippen molar-refractivity contribution in [1.82, 2.24) is 0 Å². The molecule has 0 unspecified atom stereocenters. The molecule has 0 saturated carbocycles. The summed E-state index contributed by atoms with van der Waals surface area (Å²) >= 11 is 0. The molecule has 0 aromatic carbocycles. The third-order valence-corrected chi connectivity index (χ3v) is 2.64. The summed E-state index contributed by atoms with van der Waals surface area (Å²) in [5, 5.41) is 9.08. The second-order valence-electron chi connectivity index (χ2n) is 4.41. The molecule has 1 heteroatoms. The number of allylic oxidation sites excluding steroid dienone is 2. The van der Waals surface area contributed by atoms with Crippen LogP contribution in [0.5, 0.6) is 0 Å². The standard InChI is InChI=1S/C18H26O/c1-3-5-6-7-8-9-10-11-12-13-14-15-16-17-18(19)4-2/h4,10-11,18-19H,2-3,5-9,12,15H2,1H3/b11-10-/t18-/m0/s1. The van der Waals surface area contributed by atoms with Crippen LogP contribution in [0.25, 0.3) is 0 Å². The van der Waals surface area contributed by atoms with Crippen LogP contribution in [-0.4, -0.2) is 11.2 Å². The number of rotatable bonds is 8. The molecule has 1 N–H and O–H groups in total. The van der Waals surface area contributed by atoms with Crippen LogP contribution in [0.15, 0.2) is 24.8 Å². The Bertz CT molecular complexity index is 357. The van der Waals surface area contributed by atoms with Gasteiger partial charge in [-0.3, -0.25) is 0 Å². The van der Waals surface area contributed by atoms with Crippen LogP contribution in [-0.2, 0) is 0 Å². The van der Waals surface area contributed by atoms with Crippen molar-refractivity contribution in [3.05, 3.63) is 24.8 Å². The van der Waals surface area contributed by atoms with Crippen molar-refractivity contribution in [2.45, 2.75) is 64.4 Å². The second kappa shape index (κ2) is 14.6. The Hall–Kier alpha value is -1.44. The van der Waals surface area contributed by atoms with Crippen molar-refractivity contribution >= 4 is 0 Å². The van der Waals surface area contributed by atoms with Crippen LogP contribution in [0.3, 0.4) is 0 Å². The van der Waals surface area contributed by atoms with Gasteiger partial charge in [0.25, 0.3) is 0 Å². The maximum Gasteiger partial charge on any atom is 0.133 e. The average Bonchev–Trinajstić information content (AvgIpc) is 2.43. The van der Waals surface area contributed by atoms with Crippen molar-refractivity contribution in [3.63, 3.8) is 0 Å². The zero-order chi connectivity index (χ0) is 14.2. The maximum absolute atomic E-state index is 9.08. The van der Waals surface area contributed by atoms with Crippen LogP contribution in [0.4, 0.5) is 0 Å². The molecule has 1 nitrogen and oxygen atoms in total. The largest absolute Gasteiger partial charge is 0.377 e. The quantitative estimate of drug-likeness (QED) is 0.392. The third kappa shape index (κ3) is 14.5. The first-order valence-corrected chi connectivity index (χ1v) is 7.21. The zero-order valence-electron chi connectivity index (χ0n) is 12.1. The summed E-state index contributed by atoms with van der Waals surface area (Å²) in [6.07, 6.45) is 14.1. The van der Waals surface area contributed by atoms with Gasteiger partial charge in [0.15, 0.2) is 0 Å². The molecule has 0 aliphatic carbocycles. The number of aliphatic hydroxyl groups is 1. The first-order chi connectivity index (χ1) is 9.31. The monoisotopic (exact) mass is 258 g/mol. The molecule has 0 fully saturated rings. The van der Waals surface area contributed by atoms with Gasteiger partial charge in [0.1, 0.15) is 6.10 Å². The molecule has 0 bridgehead atoms. The lowest BCUT2D eigenvalue weighted by Gasteiger charge is -1.95. The van der Waals surface area contributed by atoms with E-state index in [1.807, 2.05) is 0 Å². The van der Waals surface area contributed by atoms with E-state index in [2.05, 4.69) is 49.3 Å². The minimum Gasteiger partial charge on any atom is -0.377 e. The molecular formula is C18H26O. The number of hydrogen-bond donors (Lipinski definition) is 1. The van der Waals surface area contributed by atoms with E-state index in [0.29, 0.717) is 6.42 Å². The van der Waals surface area contributed by atoms with Crippen molar-refractivity contribution in [2.75, 3.05) is 0 Å². The number of unbranched alkanes of at least 4 members (excludes halogenated alkanes) is 5. The minimum atomic E-state index is -0.727. The van der Waals surface area contributed by atoms with Gasteiger partial charge in [0.05, 0.1) is 6.42 Å². The molecule has 104 valence electrons. The molecular weight excluding hydrogens is 232 g/mol. The lowest BCUT2D eigenvalue weighted by atomic mass is 10.1. The Morgan fingerprint density at radius 3 is 2.58 bits per heavy atom. The highest BCUT2D eigenvalue weighted by Crippen LogP contribution is 2.05. The highest BCUT2D eigenvalue weighted by Gasteiger charge is 1.86. The van der Waals surface area contributed by atoms with Crippen LogP contribution in [0.1, 0.15) is 58.3 Å². The van der Waals surface area contributed by atoms with E-state index >= 15 is 0 Å². The zero-order valence-corrected chi connectivity index (χ0v) is 12.1. The minimum absolute atomic E-state index is 0.510. The van der Waals surface area contributed by atoms with Gasteiger partial charge in [0.2, 0.25) is 0 Å². The normalized spacial score (nSPS) is 11.3. The highest BCUT2D eigenvalue weighted by atomic mass is 16.3. The van der Waals surface area contributed by atoms with E-state index in [-0.39, 0.29) is 0 Å². The highest BCUT2D eigenvalue weighted by molar-refractivity contribution is 5.17. The average molecular weight is 258 g/mol. The summed E-state index contributed by atoms with van der Waals surface area (Å²) < 4.78 is 0. The molecule has 0 heterocycles. The summed E-state index contributed by atoms with van der Waals surface area (Å²) in [6.45, 7) is 5.68. The molecule has 0 aromatic rings. The molecule has 0 amide bonds. The van der Waals surface area contributed by atoms with Gasteiger partial charge in [-0.2, -0.15) is 0 Å². The Morgan fingerprint density at radius 2 is 1.84 bits per heavy atom. The first kappa shape index (κ1) is 17.6. The van der Waals surface area contributed by atoms with E-state index in [0.717, 1.165) is 12.8 Å². The van der Waals surface area contributed by atoms with Crippen LogP contribution < -0.4 is 0 Å². The summed E-state index contributed by atoms with van der Waals surface area (Å²) in [4.78, 5) is 0. The van der Waals surface area contributed by atoms with E-state index in [9.17, 15) is 0 Å². The van der Waals surface area contributed by atoms with Gasteiger partial charge in [-0.05, 0) is 12.8 Å². The lowest BCUT2D eigenvalue weighted by molar-refractivity contribution is 0.281. The van der Waals surface area contributed by atoms with Crippen LogP contribution >= 0.6 is 0 Å². The Balaban J connectivity index is 3.46. The van der Waals surface area contributed by atoms with Crippen molar-refractivity contribution < 1.29 is 5.11 Å². The molecule has 1 atom stereocenters. The fourth-order valence-electron chi connectivity index (χ4n) is 1.52. The third-order valence-electron chi connectivity index (χ3n) is 2.64. The maximum atomic E-state index is 9.08. The molecule has 0 aliphatic rings. The van der Waals surface area contributed by atoms with Crippen molar-refractivity contribution in [2.24, 2.45) is 0 Å². The molecule has 0 aromatic heterocycles. The lowest BCUT2D eigenvalue weighted by Crippen LogP contribution is -1.94. The molecule has 19 heavy (non-hydrogen) atoms. The number of aliphatic hydroxyl groups excluding tert-OH is 1. The van der Waals surface area contributed by atoms with Crippen LogP contribution in [0.2, 0.25) is 0 Å². The Kier molecular flexibility index (Phi) is 13.5. The summed E-state index contributed by atoms with van der Waals surface area (Å²) in [5.74, 6) is 11.4. The van der Waals surface area contributed by atoms with Crippen LogP contribution in [0, 0.1) is 23.7 Å². The molecule has 0 spiro atoms. The predicted molar refractivity (Wildman–Crippen MR) is 83.5 cm³/mol. The molecule has 0 radical (unpaired) electrons. The first-order valence-electron chi connectivity index (χ1n) is 7.21. The van der Waals surface area contributed by atoms with E-state index in [1.165, 1.54) is 38.2 Å². The second-order valence-corrected chi connectivity index (χ2v) is 4.41. The SMILES string of the molecule is C=C[C@H](O)C#CCC#CC/C=C\CCCCCCC. The van der Waals surface area contributed by atoms with Crippen molar-refractivity contribution in [1.29, 1.82) is 0 Å². The molecule has 0 rings (SSSR count). The fourth-order valence-corrected chi connectivity index (χ4v) is 1.52. The van der Waals surface area contributed by atoms with E-state index < -0.39 is 6.10 Å². The summed E-state index contributed by atoms with van der Waals surface area (Å²) in [5.41, 5.74) is 0. The van der Waals surface area contributed by atoms with Gasteiger partial charge in [0, 0.05) is 6.42 Å². The smallest absolute Gasteiger partial charge is 0.133 e. The van der Waals surface area contributed by atoms with Gasteiger partial charge >= 0.3 is 0 Å². The van der Waals surface area contributed by atoms with Crippen molar-refractivity contribution in [3.8, 4) is 23.7 Å². The molecule has 0 saturated heterocycles. The molecule has 0 aliphatic heterocycles. The van der Waals surface area contributed by atoms with Gasteiger partial charge in [-0.25, -0.2) is 0 Å². The predicted octanol–water partition coefficient (Wildman–Crippen LogP) is 4.24. The topological polar surface area (TPSA) is 20.2 Å². The summed E-state index contributed by atoms with van der Waals surface area (Å²) in [7, 11) is 0. The number of hydrogen-bond acceptors (Lipinski definition) is 1. The Morgan fingerprint density at radius 1 is 1.05 bits per heavy atom. The summed E-state index contributed by atoms with van der Waals surface area (Å²) in [6, 6.07) is 0. The van der Waals surface area contributed by atoms with E-state index in [4.69, 9.17) is 5.11 Å². The van der Waals surface area contributed by atoms with E-state index in [1.54, 1.807) is 0 Å². The fraction of sp³-hybridized carbons (Fsp3) is 0.556.